The minimum Gasteiger partial charge on any atom is -0.284 e. The quantitative estimate of drug-likeness (QED) is 0.496. The highest BCUT2D eigenvalue weighted by molar-refractivity contribution is 7.71. The Balaban J connectivity index is 1.38. The van der Waals surface area contributed by atoms with Gasteiger partial charge in [-0.2, -0.15) is 5.10 Å². The third-order valence-electron chi connectivity index (χ3n) is 4.99. The molecular weight excluding hydrogens is 362 g/mol. The van der Waals surface area contributed by atoms with Crippen molar-refractivity contribution in [3.05, 3.63) is 58.4 Å². The molecule has 0 saturated carbocycles. The molecule has 1 aromatic carbocycles. The molecule has 1 aliphatic rings. The molecule has 26 heavy (non-hydrogen) atoms. The monoisotopic (exact) mass is 381 g/mol. The van der Waals surface area contributed by atoms with Gasteiger partial charge in [0.05, 0.1) is 21.9 Å². The molecule has 1 aliphatic heterocycles. The maximum absolute atomic E-state index is 5.59. The number of fused-ring (bicyclic) bond motifs is 2. The number of benzene rings is 1. The molecule has 0 bridgehead atoms. The van der Waals surface area contributed by atoms with E-state index in [9.17, 15) is 0 Å². The van der Waals surface area contributed by atoms with E-state index in [0.29, 0.717) is 5.92 Å². The van der Waals surface area contributed by atoms with E-state index in [-0.39, 0.29) is 0 Å². The number of piperidine rings is 1. The molecule has 0 radical (unpaired) electrons. The molecular formula is C19H19N5S2. The van der Waals surface area contributed by atoms with Crippen LogP contribution in [0, 0.1) is 4.77 Å². The summed E-state index contributed by atoms with van der Waals surface area (Å²) in [6.07, 6.45) is 4.36. The second kappa shape index (κ2) is 6.57. The fraction of sp³-hybridized carbons (Fsp3) is 0.316. The van der Waals surface area contributed by atoms with Gasteiger partial charge in [-0.05, 0) is 55.9 Å². The number of nitrogens with zero attached hydrogens (tertiary/aromatic N) is 5. The Kier molecular flexibility index (Phi) is 4.07. The molecule has 1 atom stereocenters. The van der Waals surface area contributed by atoms with Crippen molar-refractivity contribution in [3.63, 3.8) is 0 Å². The van der Waals surface area contributed by atoms with Crippen LogP contribution in [-0.2, 0) is 6.67 Å². The van der Waals surface area contributed by atoms with E-state index in [0.717, 1.165) is 35.7 Å². The number of para-hydroxylation sites is 1. The normalized spacial score (nSPS) is 18.7. The van der Waals surface area contributed by atoms with Gasteiger partial charge in [0.15, 0.2) is 5.65 Å². The van der Waals surface area contributed by atoms with Crippen molar-refractivity contribution < 1.29 is 0 Å². The number of hydrogen-bond acceptors (Lipinski definition) is 5. The lowest BCUT2D eigenvalue weighted by molar-refractivity contribution is 0.156. The molecule has 5 nitrogen and oxygen atoms in total. The summed E-state index contributed by atoms with van der Waals surface area (Å²) in [5, 5.41) is 5.92. The van der Waals surface area contributed by atoms with Crippen LogP contribution in [0.1, 0.15) is 23.8 Å². The lowest BCUT2D eigenvalue weighted by atomic mass is 9.99. The number of thiazole rings is 1. The lowest BCUT2D eigenvalue weighted by Crippen LogP contribution is -2.36. The standard InChI is InChI=1S/C19H19N5S2/c25-19-23-11-4-3-9-17(23)21-24(19)13-22-10-5-6-14(12-22)18-20-15-7-1-2-8-16(15)26-18/h1-4,7-9,11,14H,5-6,10,12-13H2/t14-/m0/s1. The van der Waals surface area contributed by atoms with Crippen molar-refractivity contribution >= 4 is 39.4 Å². The Bertz CT molecular complexity index is 1090. The molecule has 0 N–H and O–H groups in total. The van der Waals surface area contributed by atoms with E-state index < -0.39 is 0 Å². The highest BCUT2D eigenvalue weighted by Crippen LogP contribution is 2.33. The molecule has 0 aliphatic carbocycles. The van der Waals surface area contributed by atoms with Gasteiger partial charge in [-0.1, -0.05) is 18.2 Å². The maximum atomic E-state index is 5.59. The second-order valence-corrected chi connectivity index (χ2v) is 8.22. The van der Waals surface area contributed by atoms with Crippen molar-refractivity contribution in [1.82, 2.24) is 24.1 Å². The van der Waals surface area contributed by atoms with E-state index in [2.05, 4.69) is 34.3 Å². The smallest absolute Gasteiger partial charge is 0.203 e. The van der Waals surface area contributed by atoms with Crippen LogP contribution in [0.4, 0.5) is 0 Å². The van der Waals surface area contributed by atoms with Crippen LogP contribution >= 0.6 is 23.6 Å². The van der Waals surface area contributed by atoms with Crippen LogP contribution < -0.4 is 0 Å². The van der Waals surface area contributed by atoms with Gasteiger partial charge in [-0.25, -0.2) is 9.67 Å². The first-order valence-corrected chi connectivity index (χ1v) is 10.1. The summed E-state index contributed by atoms with van der Waals surface area (Å²) in [6, 6.07) is 14.4. The van der Waals surface area contributed by atoms with Crippen molar-refractivity contribution in [3.8, 4) is 0 Å². The van der Waals surface area contributed by atoms with Gasteiger partial charge in [0, 0.05) is 18.7 Å². The first-order valence-electron chi connectivity index (χ1n) is 8.90. The van der Waals surface area contributed by atoms with Crippen LogP contribution in [0.5, 0.6) is 0 Å². The van der Waals surface area contributed by atoms with Crippen molar-refractivity contribution in [2.75, 3.05) is 13.1 Å². The van der Waals surface area contributed by atoms with E-state index in [1.165, 1.54) is 22.5 Å². The van der Waals surface area contributed by atoms with E-state index >= 15 is 0 Å². The fourth-order valence-electron chi connectivity index (χ4n) is 3.70. The average Bonchev–Trinajstić information content (AvgIpc) is 3.24. The Hall–Kier alpha value is -2.09. The van der Waals surface area contributed by atoms with Gasteiger partial charge >= 0.3 is 0 Å². The Morgan fingerprint density at radius 1 is 1.15 bits per heavy atom. The minimum atomic E-state index is 0.493. The molecule has 0 amide bonds. The van der Waals surface area contributed by atoms with Gasteiger partial charge in [-0.15, -0.1) is 11.3 Å². The molecule has 1 fully saturated rings. The van der Waals surface area contributed by atoms with Crippen LogP contribution in [-0.4, -0.2) is 37.2 Å². The summed E-state index contributed by atoms with van der Waals surface area (Å²) in [4.78, 5) is 7.32. The van der Waals surface area contributed by atoms with Gasteiger partial charge in [0.25, 0.3) is 0 Å². The second-order valence-electron chi connectivity index (χ2n) is 6.79. The number of rotatable bonds is 3. The summed E-state index contributed by atoms with van der Waals surface area (Å²) >= 11 is 7.42. The van der Waals surface area contributed by atoms with Gasteiger partial charge in [-0.3, -0.25) is 9.30 Å². The first-order chi connectivity index (χ1) is 12.8. The molecule has 132 valence electrons. The molecule has 0 unspecified atom stereocenters. The molecule has 5 rings (SSSR count). The van der Waals surface area contributed by atoms with Crippen LogP contribution in [0.15, 0.2) is 48.7 Å². The molecule has 1 saturated heterocycles. The van der Waals surface area contributed by atoms with E-state index in [4.69, 9.17) is 17.2 Å². The predicted octanol–water partition coefficient (Wildman–Crippen LogP) is 4.31. The molecule has 7 heteroatoms. The highest BCUT2D eigenvalue weighted by atomic mass is 32.1. The Morgan fingerprint density at radius 3 is 2.92 bits per heavy atom. The Morgan fingerprint density at radius 2 is 2.04 bits per heavy atom. The topological polar surface area (TPSA) is 38.4 Å². The van der Waals surface area contributed by atoms with Crippen molar-refractivity contribution in [2.45, 2.75) is 25.4 Å². The highest BCUT2D eigenvalue weighted by Gasteiger charge is 2.24. The van der Waals surface area contributed by atoms with Crippen LogP contribution in [0.25, 0.3) is 15.9 Å². The molecule has 4 heterocycles. The first kappa shape index (κ1) is 16.1. The van der Waals surface area contributed by atoms with Crippen LogP contribution in [0.3, 0.4) is 0 Å². The van der Waals surface area contributed by atoms with E-state index in [1.54, 1.807) is 0 Å². The number of hydrogen-bond donors (Lipinski definition) is 0. The zero-order valence-corrected chi connectivity index (χ0v) is 15.9. The largest absolute Gasteiger partial charge is 0.284 e. The number of likely N-dealkylation sites (tertiary alicyclic amines) is 1. The average molecular weight is 382 g/mol. The fourth-order valence-corrected chi connectivity index (χ4v) is 5.05. The van der Waals surface area contributed by atoms with Gasteiger partial charge in [0.2, 0.25) is 4.77 Å². The van der Waals surface area contributed by atoms with Crippen LogP contribution in [0.2, 0.25) is 0 Å². The summed E-state index contributed by atoms with van der Waals surface area (Å²) in [5.74, 6) is 0.493. The van der Waals surface area contributed by atoms with Crippen molar-refractivity contribution in [1.29, 1.82) is 0 Å². The number of pyridine rings is 1. The minimum absolute atomic E-state index is 0.493. The molecule has 3 aromatic heterocycles. The maximum Gasteiger partial charge on any atom is 0.203 e. The molecule has 0 spiro atoms. The summed E-state index contributed by atoms with van der Waals surface area (Å²) in [5.41, 5.74) is 2.02. The van der Waals surface area contributed by atoms with Gasteiger partial charge < -0.3 is 0 Å². The summed E-state index contributed by atoms with van der Waals surface area (Å²) < 4.78 is 5.93. The SMILES string of the molecule is S=c1n(CN2CCC[C@H](c3nc4ccccc4s3)C2)nc2ccccn12. The van der Waals surface area contributed by atoms with Crippen molar-refractivity contribution in [2.24, 2.45) is 0 Å². The third kappa shape index (κ3) is 2.86. The molecule has 4 aromatic rings. The van der Waals surface area contributed by atoms with Gasteiger partial charge in [0.1, 0.15) is 0 Å². The van der Waals surface area contributed by atoms with E-state index in [1.807, 2.05) is 44.8 Å². The zero-order chi connectivity index (χ0) is 17.5. The zero-order valence-electron chi connectivity index (χ0n) is 14.3. The Labute approximate surface area is 160 Å². The lowest BCUT2D eigenvalue weighted by Gasteiger charge is -2.31. The third-order valence-corrected chi connectivity index (χ3v) is 6.59. The summed E-state index contributed by atoms with van der Waals surface area (Å²) in [7, 11) is 0. The predicted molar refractivity (Wildman–Crippen MR) is 107 cm³/mol. The number of aromatic nitrogens is 4. The summed E-state index contributed by atoms with van der Waals surface area (Å²) in [6.45, 7) is 2.83.